The third kappa shape index (κ3) is 4.53. The second kappa shape index (κ2) is 8.49. The van der Waals surface area contributed by atoms with Crippen LogP contribution in [0.25, 0.3) is 11.1 Å². The van der Waals surface area contributed by atoms with Crippen LogP contribution in [0.3, 0.4) is 0 Å². The number of hydrogen-bond donors (Lipinski definition) is 0. The average Bonchev–Trinajstić information content (AvgIpc) is 2.68. The summed E-state index contributed by atoms with van der Waals surface area (Å²) in [5.41, 5.74) is 1.76. The number of benzene rings is 1. The van der Waals surface area contributed by atoms with Gasteiger partial charge in [0.2, 0.25) is 11.8 Å². The molecule has 0 aliphatic carbocycles. The monoisotopic (exact) mass is 364 g/mol. The smallest absolute Gasteiger partial charge is 0.227 e. The summed E-state index contributed by atoms with van der Waals surface area (Å²) in [5.74, 6) is 2.98. The Balaban J connectivity index is 1.85. The molecule has 0 aliphatic rings. The van der Waals surface area contributed by atoms with Crippen LogP contribution in [-0.4, -0.2) is 35.7 Å². The molecule has 0 radical (unpaired) electrons. The minimum atomic E-state index is 0.480. The van der Waals surface area contributed by atoms with E-state index in [1.807, 2.05) is 48.3 Å². The summed E-state index contributed by atoms with van der Waals surface area (Å²) in [7, 11) is 3.63. The maximum absolute atomic E-state index is 5.97. The number of para-hydroxylation sites is 1. The second-order valence-electron chi connectivity index (χ2n) is 6.65. The number of anilines is 1. The first-order chi connectivity index (χ1) is 13.1. The Labute approximate surface area is 159 Å². The number of pyridine rings is 1. The lowest BCUT2D eigenvalue weighted by atomic mass is 10.1. The van der Waals surface area contributed by atoms with Crippen molar-refractivity contribution in [3.63, 3.8) is 0 Å². The minimum Gasteiger partial charge on any atom is -0.496 e. The quantitative estimate of drug-likeness (QED) is 0.618. The largest absolute Gasteiger partial charge is 0.496 e. The Morgan fingerprint density at radius 1 is 0.963 bits per heavy atom. The van der Waals surface area contributed by atoms with Gasteiger partial charge in [-0.2, -0.15) is 0 Å². The Morgan fingerprint density at radius 3 is 2.37 bits per heavy atom. The van der Waals surface area contributed by atoms with Crippen LogP contribution in [0.4, 0.5) is 5.95 Å². The molecule has 27 heavy (non-hydrogen) atoms. The van der Waals surface area contributed by atoms with E-state index < -0.39 is 0 Å². The van der Waals surface area contributed by atoms with Gasteiger partial charge in [-0.05, 0) is 24.1 Å². The zero-order valence-corrected chi connectivity index (χ0v) is 16.1. The van der Waals surface area contributed by atoms with Gasteiger partial charge in [-0.15, -0.1) is 0 Å². The zero-order valence-electron chi connectivity index (χ0n) is 16.1. The number of aromatic nitrogens is 3. The predicted octanol–water partition coefficient (Wildman–Crippen LogP) is 4.43. The molecule has 2 heterocycles. The molecule has 6 nitrogen and oxygen atoms in total. The Hall–Kier alpha value is -3.15. The summed E-state index contributed by atoms with van der Waals surface area (Å²) in [6, 6.07) is 11.6. The molecule has 0 spiro atoms. The van der Waals surface area contributed by atoms with Crippen LogP contribution in [0.5, 0.6) is 17.4 Å². The van der Waals surface area contributed by atoms with Crippen LogP contribution in [0.1, 0.15) is 13.8 Å². The molecule has 0 bridgehead atoms. The highest BCUT2D eigenvalue weighted by molar-refractivity contribution is 5.74. The topological polar surface area (TPSA) is 60.4 Å². The first kappa shape index (κ1) is 18.6. The van der Waals surface area contributed by atoms with Crippen molar-refractivity contribution in [2.24, 2.45) is 5.92 Å². The van der Waals surface area contributed by atoms with Crippen molar-refractivity contribution in [1.29, 1.82) is 0 Å². The van der Waals surface area contributed by atoms with Gasteiger partial charge in [-0.3, -0.25) is 0 Å². The zero-order chi connectivity index (χ0) is 19.2. The van der Waals surface area contributed by atoms with Gasteiger partial charge in [0, 0.05) is 30.9 Å². The molecule has 0 saturated carbocycles. The average molecular weight is 364 g/mol. The van der Waals surface area contributed by atoms with Crippen molar-refractivity contribution in [3.05, 3.63) is 55.0 Å². The fraction of sp³-hybridized carbons (Fsp3) is 0.286. The molecule has 2 aromatic heterocycles. The van der Waals surface area contributed by atoms with Crippen LogP contribution in [0.15, 0.2) is 55.0 Å². The third-order valence-corrected chi connectivity index (χ3v) is 3.98. The van der Waals surface area contributed by atoms with Crippen LogP contribution in [-0.2, 0) is 0 Å². The number of rotatable bonds is 7. The third-order valence-electron chi connectivity index (χ3n) is 3.98. The van der Waals surface area contributed by atoms with E-state index in [0.29, 0.717) is 23.5 Å². The summed E-state index contributed by atoms with van der Waals surface area (Å²) in [6.07, 6.45) is 5.03. The maximum atomic E-state index is 5.97. The molecular weight excluding hydrogens is 340 g/mol. The molecule has 0 N–H and O–H groups in total. The Bertz CT molecular complexity index is 881. The second-order valence-corrected chi connectivity index (χ2v) is 6.65. The van der Waals surface area contributed by atoms with Gasteiger partial charge in [-0.1, -0.05) is 32.0 Å². The summed E-state index contributed by atoms with van der Waals surface area (Å²) in [4.78, 5) is 15.2. The van der Waals surface area contributed by atoms with E-state index in [-0.39, 0.29) is 0 Å². The molecule has 0 atom stereocenters. The Morgan fingerprint density at radius 2 is 1.67 bits per heavy atom. The lowest BCUT2D eigenvalue weighted by Crippen LogP contribution is -2.24. The van der Waals surface area contributed by atoms with Gasteiger partial charge in [0.1, 0.15) is 5.75 Å². The number of nitrogens with zero attached hydrogens (tertiary/aromatic N) is 4. The Kier molecular flexibility index (Phi) is 5.86. The normalized spacial score (nSPS) is 10.7. The van der Waals surface area contributed by atoms with Crippen molar-refractivity contribution >= 4 is 5.95 Å². The first-order valence-corrected chi connectivity index (χ1v) is 8.88. The molecule has 1 aromatic carbocycles. The van der Waals surface area contributed by atoms with Crippen LogP contribution in [0, 0.1) is 5.92 Å². The fourth-order valence-corrected chi connectivity index (χ4v) is 2.84. The molecule has 0 amide bonds. The van der Waals surface area contributed by atoms with Crippen molar-refractivity contribution < 1.29 is 9.47 Å². The van der Waals surface area contributed by atoms with Gasteiger partial charge in [-0.25, -0.2) is 15.0 Å². The molecule has 0 fully saturated rings. The first-order valence-electron chi connectivity index (χ1n) is 8.88. The molecule has 0 aliphatic heterocycles. The van der Waals surface area contributed by atoms with E-state index in [0.717, 1.165) is 23.4 Å². The highest BCUT2D eigenvalue weighted by atomic mass is 16.5. The molecular formula is C21H24N4O2. The SMILES string of the molecule is COc1ccccc1-c1cccnc1Oc1cnc(N(C)CC(C)C)nc1. The van der Waals surface area contributed by atoms with Crippen LogP contribution >= 0.6 is 0 Å². The molecule has 140 valence electrons. The number of methoxy groups -OCH3 is 1. The van der Waals surface area contributed by atoms with Crippen LogP contribution in [0.2, 0.25) is 0 Å². The van der Waals surface area contributed by atoms with Gasteiger partial charge >= 0.3 is 0 Å². The summed E-state index contributed by atoms with van der Waals surface area (Å²) < 4.78 is 11.4. The van der Waals surface area contributed by atoms with Crippen molar-refractivity contribution in [2.75, 3.05) is 25.6 Å². The van der Waals surface area contributed by atoms with E-state index in [2.05, 4.69) is 28.8 Å². The van der Waals surface area contributed by atoms with E-state index in [9.17, 15) is 0 Å². The van der Waals surface area contributed by atoms with E-state index in [1.165, 1.54) is 0 Å². The predicted molar refractivity (Wildman–Crippen MR) is 106 cm³/mol. The van der Waals surface area contributed by atoms with Gasteiger partial charge < -0.3 is 14.4 Å². The molecule has 0 unspecified atom stereocenters. The van der Waals surface area contributed by atoms with Gasteiger partial charge in [0.25, 0.3) is 0 Å². The highest BCUT2D eigenvalue weighted by Gasteiger charge is 2.13. The van der Waals surface area contributed by atoms with Crippen LogP contribution < -0.4 is 14.4 Å². The standard InChI is InChI=1S/C21H24N4O2/c1-15(2)14-25(3)21-23-12-16(13-24-21)27-20-18(9-7-11-22-20)17-8-5-6-10-19(17)26-4/h5-13,15H,14H2,1-4H3. The molecule has 0 saturated heterocycles. The lowest BCUT2D eigenvalue weighted by molar-refractivity contribution is 0.415. The number of ether oxygens (including phenoxy) is 2. The van der Waals surface area contributed by atoms with E-state index in [4.69, 9.17) is 9.47 Å². The number of hydrogen-bond acceptors (Lipinski definition) is 6. The van der Waals surface area contributed by atoms with Crippen molar-refractivity contribution in [1.82, 2.24) is 15.0 Å². The lowest BCUT2D eigenvalue weighted by Gasteiger charge is -2.19. The van der Waals surface area contributed by atoms with E-state index >= 15 is 0 Å². The van der Waals surface area contributed by atoms with Gasteiger partial charge in [0.05, 0.1) is 19.5 Å². The molecule has 3 rings (SSSR count). The van der Waals surface area contributed by atoms with Gasteiger partial charge in [0.15, 0.2) is 5.75 Å². The molecule has 6 heteroatoms. The minimum absolute atomic E-state index is 0.480. The molecule has 3 aromatic rings. The fourth-order valence-electron chi connectivity index (χ4n) is 2.84. The summed E-state index contributed by atoms with van der Waals surface area (Å²) in [5, 5.41) is 0. The van der Waals surface area contributed by atoms with E-state index in [1.54, 1.807) is 25.7 Å². The maximum Gasteiger partial charge on any atom is 0.227 e. The highest BCUT2D eigenvalue weighted by Crippen LogP contribution is 2.36. The van der Waals surface area contributed by atoms with Crippen molar-refractivity contribution in [2.45, 2.75) is 13.8 Å². The summed E-state index contributed by atoms with van der Waals surface area (Å²) in [6.45, 7) is 5.21. The van der Waals surface area contributed by atoms with Crippen molar-refractivity contribution in [3.8, 4) is 28.5 Å². The summed E-state index contributed by atoms with van der Waals surface area (Å²) >= 11 is 0.